The van der Waals surface area contributed by atoms with Gasteiger partial charge in [-0.1, -0.05) is 13.8 Å². The molecule has 7 nitrogen and oxygen atoms in total. The number of aliphatic hydroxyl groups excluding tert-OH is 1. The summed E-state index contributed by atoms with van der Waals surface area (Å²) in [4.78, 5) is 24.1. The Balaban J connectivity index is 1.84. The summed E-state index contributed by atoms with van der Waals surface area (Å²) in [7, 11) is 0. The number of aryl methyl sites for hydroxylation is 2. The second kappa shape index (κ2) is 6.59. The van der Waals surface area contributed by atoms with E-state index in [1.807, 2.05) is 13.8 Å². The fourth-order valence-electron chi connectivity index (χ4n) is 3.57. The SMILES string of the molecule is CC[C@H](CO)NC(=O)c1nc2c3c4c(sc3nc(C)n2n1)CC[C@H](C)C4. The standard InChI is InChI=1S/C18H23N5O2S/c1-4-11(8-24)20-17(25)15-21-16-14-12-7-9(2)5-6-13(12)26-18(14)19-10(3)23(16)22-15/h9,11,24H,4-8H2,1-3H3,(H,20,25)/t9-,11+/m0/s1. The van der Waals surface area contributed by atoms with Crippen molar-refractivity contribution in [2.45, 2.75) is 52.5 Å². The van der Waals surface area contributed by atoms with Crippen molar-refractivity contribution < 1.29 is 9.90 Å². The van der Waals surface area contributed by atoms with E-state index >= 15 is 0 Å². The van der Waals surface area contributed by atoms with Crippen molar-refractivity contribution in [3.05, 3.63) is 22.1 Å². The molecule has 2 atom stereocenters. The summed E-state index contributed by atoms with van der Waals surface area (Å²) in [6.07, 6.45) is 3.96. The Morgan fingerprint density at radius 3 is 3.00 bits per heavy atom. The largest absolute Gasteiger partial charge is 0.394 e. The van der Waals surface area contributed by atoms with E-state index in [-0.39, 0.29) is 24.4 Å². The zero-order valence-electron chi connectivity index (χ0n) is 15.2. The molecule has 0 unspecified atom stereocenters. The molecule has 3 heterocycles. The highest BCUT2D eigenvalue weighted by molar-refractivity contribution is 7.19. The average Bonchev–Trinajstić information content (AvgIpc) is 3.20. The van der Waals surface area contributed by atoms with Gasteiger partial charge in [0.2, 0.25) is 5.82 Å². The summed E-state index contributed by atoms with van der Waals surface area (Å²) < 4.78 is 1.67. The first-order valence-electron chi connectivity index (χ1n) is 9.11. The summed E-state index contributed by atoms with van der Waals surface area (Å²) in [5.74, 6) is 1.12. The zero-order valence-corrected chi connectivity index (χ0v) is 16.1. The van der Waals surface area contributed by atoms with Crippen LogP contribution in [0.4, 0.5) is 0 Å². The van der Waals surface area contributed by atoms with Gasteiger partial charge in [0.05, 0.1) is 18.0 Å². The molecule has 0 saturated heterocycles. The summed E-state index contributed by atoms with van der Waals surface area (Å²) in [6.45, 7) is 5.96. The van der Waals surface area contributed by atoms with E-state index in [1.54, 1.807) is 15.9 Å². The summed E-state index contributed by atoms with van der Waals surface area (Å²) in [6, 6.07) is -0.289. The third-order valence-corrected chi connectivity index (χ3v) is 6.33. The van der Waals surface area contributed by atoms with Gasteiger partial charge < -0.3 is 10.4 Å². The van der Waals surface area contributed by atoms with E-state index < -0.39 is 0 Å². The van der Waals surface area contributed by atoms with Crippen molar-refractivity contribution in [1.82, 2.24) is 24.9 Å². The maximum Gasteiger partial charge on any atom is 0.291 e. The molecule has 26 heavy (non-hydrogen) atoms. The monoisotopic (exact) mass is 373 g/mol. The van der Waals surface area contributed by atoms with E-state index in [1.165, 1.54) is 16.9 Å². The highest BCUT2D eigenvalue weighted by atomic mass is 32.1. The molecule has 3 aromatic rings. The molecule has 0 fully saturated rings. The molecule has 0 spiro atoms. The lowest BCUT2D eigenvalue weighted by molar-refractivity contribution is 0.0904. The van der Waals surface area contributed by atoms with E-state index in [0.29, 0.717) is 18.0 Å². The van der Waals surface area contributed by atoms with Crippen LogP contribution in [-0.2, 0) is 12.8 Å². The maximum atomic E-state index is 12.5. The van der Waals surface area contributed by atoms with Gasteiger partial charge in [0, 0.05) is 4.88 Å². The molecule has 3 aromatic heterocycles. The van der Waals surface area contributed by atoms with Gasteiger partial charge >= 0.3 is 0 Å². The average molecular weight is 373 g/mol. The normalized spacial score (nSPS) is 18.2. The Morgan fingerprint density at radius 1 is 1.46 bits per heavy atom. The lowest BCUT2D eigenvalue weighted by atomic mass is 9.89. The molecule has 8 heteroatoms. The molecule has 1 amide bonds. The van der Waals surface area contributed by atoms with Crippen molar-refractivity contribution in [2.75, 3.05) is 6.61 Å². The van der Waals surface area contributed by atoms with Crippen LogP contribution in [0.25, 0.3) is 15.9 Å². The minimum atomic E-state index is -0.361. The van der Waals surface area contributed by atoms with E-state index in [9.17, 15) is 9.90 Å². The topological polar surface area (TPSA) is 92.4 Å². The summed E-state index contributed by atoms with van der Waals surface area (Å²) in [5, 5.41) is 17.5. The first kappa shape index (κ1) is 17.4. The molecule has 0 aliphatic heterocycles. The number of carbonyl (C=O) groups excluding carboxylic acids is 1. The third kappa shape index (κ3) is 2.77. The number of aromatic nitrogens is 4. The van der Waals surface area contributed by atoms with Crippen LogP contribution in [0.3, 0.4) is 0 Å². The zero-order chi connectivity index (χ0) is 18.4. The van der Waals surface area contributed by atoms with E-state index in [4.69, 9.17) is 4.98 Å². The summed E-state index contributed by atoms with van der Waals surface area (Å²) >= 11 is 1.74. The Labute approximate surface area is 155 Å². The number of thiophene rings is 1. The molecular formula is C18H23N5O2S. The van der Waals surface area contributed by atoms with E-state index in [0.717, 1.165) is 28.9 Å². The number of fused-ring (bicyclic) bond motifs is 5. The molecule has 4 rings (SSSR count). The van der Waals surface area contributed by atoms with Gasteiger partial charge in [-0.3, -0.25) is 4.79 Å². The van der Waals surface area contributed by atoms with Gasteiger partial charge in [-0.2, -0.15) is 4.52 Å². The first-order chi connectivity index (χ1) is 12.5. The smallest absolute Gasteiger partial charge is 0.291 e. The van der Waals surface area contributed by atoms with Crippen LogP contribution in [-0.4, -0.2) is 43.2 Å². The highest BCUT2D eigenvalue weighted by Gasteiger charge is 2.25. The van der Waals surface area contributed by atoms with Gasteiger partial charge in [-0.15, -0.1) is 16.4 Å². The summed E-state index contributed by atoms with van der Waals surface area (Å²) in [5.41, 5.74) is 2.03. The van der Waals surface area contributed by atoms with Gasteiger partial charge in [0.15, 0.2) is 5.65 Å². The molecule has 0 aromatic carbocycles. The fourth-order valence-corrected chi connectivity index (χ4v) is 4.83. The van der Waals surface area contributed by atoms with Crippen molar-refractivity contribution in [3.63, 3.8) is 0 Å². The minimum Gasteiger partial charge on any atom is -0.394 e. The number of hydrogen-bond acceptors (Lipinski definition) is 6. The molecule has 0 radical (unpaired) electrons. The predicted molar refractivity (Wildman–Crippen MR) is 101 cm³/mol. The van der Waals surface area contributed by atoms with Crippen LogP contribution in [0, 0.1) is 12.8 Å². The molecule has 138 valence electrons. The van der Waals surface area contributed by atoms with E-state index in [2.05, 4.69) is 22.3 Å². The van der Waals surface area contributed by atoms with Crippen molar-refractivity contribution in [1.29, 1.82) is 0 Å². The van der Waals surface area contributed by atoms with Gasteiger partial charge in [0.1, 0.15) is 10.7 Å². The molecular weight excluding hydrogens is 350 g/mol. The number of nitrogens with one attached hydrogen (secondary N) is 1. The van der Waals surface area contributed by atoms with Crippen molar-refractivity contribution in [2.24, 2.45) is 5.92 Å². The number of rotatable bonds is 4. The third-order valence-electron chi connectivity index (χ3n) is 5.14. The lowest BCUT2D eigenvalue weighted by Gasteiger charge is -2.17. The Hall–Kier alpha value is -2.06. The number of amides is 1. The highest BCUT2D eigenvalue weighted by Crippen LogP contribution is 2.38. The number of hydrogen-bond donors (Lipinski definition) is 2. The van der Waals surface area contributed by atoms with Crippen LogP contribution in [0.1, 0.15) is 53.6 Å². The predicted octanol–water partition coefficient (Wildman–Crippen LogP) is 2.27. The van der Waals surface area contributed by atoms with Gasteiger partial charge in [-0.25, -0.2) is 9.97 Å². The lowest BCUT2D eigenvalue weighted by Crippen LogP contribution is -2.37. The van der Waals surface area contributed by atoms with Crippen molar-refractivity contribution >= 4 is 33.1 Å². The van der Waals surface area contributed by atoms with Crippen molar-refractivity contribution in [3.8, 4) is 0 Å². The second-order valence-corrected chi connectivity index (χ2v) is 8.21. The molecule has 1 aliphatic carbocycles. The van der Waals surface area contributed by atoms with Crippen LogP contribution < -0.4 is 5.32 Å². The second-order valence-electron chi connectivity index (χ2n) is 7.12. The molecule has 1 aliphatic rings. The molecule has 0 bridgehead atoms. The Bertz CT molecular complexity index is 989. The molecule has 0 saturated carbocycles. The van der Waals surface area contributed by atoms with Crippen LogP contribution in [0.2, 0.25) is 0 Å². The maximum absolute atomic E-state index is 12.5. The number of nitrogens with zero attached hydrogens (tertiary/aromatic N) is 4. The molecule has 2 N–H and O–H groups in total. The minimum absolute atomic E-state index is 0.101. The fraction of sp³-hybridized carbons (Fsp3) is 0.556. The Morgan fingerprint density at radius 2 is 2.27 bits per heavy atom. The number of aliphatic hydroxyl groups is 1. The van der Waals surface area contributed by atoms with Crippen LogP contribution >= 0.6 is 11.3 Å². The number of carbonyl (C=O) groups is 1. The quantitative estimate of drug-likeness (QED) is 0.732. The van der Waals surface area contributed by atoms with Gasteiger partial charge in [0.25, 0.3) is 5.91 Å². The van der Waals surface area contributed by atoms with Crippen LogP contribution in [0.15, 0.2) is 0 Å². The first-order valence-corrected chi connectivity index (χ1v) is 9.92. The Kier molecular flexibility index (Phi) is 4.40. The van der Waals surface area contributed by atoms with Gasteiger partial charge in [-0.05, 0) is 44.1 Å². The van der Waals surface area contributed by atoms with Crippen LogP contribution in [0.5, 0.6) is 0 Å².